The Morgan fingerprint density at radius 1 is 1.44 bits per heavy atom. The van der Waals surface area contributed by atoms with Crippen LogP contribution in [0, 0.1) is 6.92 Å². The highest BCUT2D eigenvalue weighted by Gasteiger charge is 2.15. The summed E-state index contributed by atoms with van der Waals surface area (Å²) in [6.45, 7) is 7.64. The first kappa shape index (κ1) is 13.0. The van der Waals surface area contributed by atoms with Crippen molar-refractivity contribution in [2.45, 2.75) is 32.7 Å². The third kappa shape index (κ3) is 3.30. The Labute approximate surface area is 108 Å². The molecule has 4 N–H and O–H groups in total. The van der Waals surface area contributed by atoms with E-state index < -0.39 is 0 Å². The summed E-state index contributed by atoms with van der Waals surface area (Å²) in [6.07, 6.45) is 4.41. The van der Waals surface area contributed by atoms with E-state index in [2.05, 4.69) is 32.5 Å². The smallest absolute Gasteiger partial charge is 0.239 e. The molecule has 2 rings (SSSR count). The van der Waals surface area contributed by atoms with Crippen LogP contribution in [-0.2, 0) is 0 Å². The molecule has 1 aliphatic rings. The molecule has 6 nitrogen and oxygen atoms in total. The molecule has 0 aliphatic carbocycles. The Morgan fingerprint density at radius 3 is 2.83 bits per heavy atom. The number of anilines is 2. The maximum absolute atomic E-state index is 5.32. The summed E-state index contributed by atoms with van der Waals surface area (Å²) in [5.74, 6) is 6.61. The van der Waals surface area contributed by atoms with Crippen molar-refractivity contribution in [3.63, 3.8) is 0 Å². The van der Waals surface area contributed by atoms with Crippen molar-refractivity contribution in [1.82, 2.24) is 14.9 Å². The van der Waals surface area contributed by atoms with Gasteiger partial charge in [0.25, 0.3) is 0 Å². The zero-order valence-electron chi connectivity index (χ0n) is 11.1. The third-order valence-electron chi connectivity index (χ3n) is 3.21. The van der Waals surface area contributed by atoms with Gasteiger partial charge in [-0.15, -0.1) is 0 Å². The van der Waals surface area contributed by atoms with Gasteiger partial charge in [-0.2, -0.15) is 4.98 Å². The average molecular weight is 250 g/mol. The molecule has 1 saturated heterocycles. The second kappa shape index (κ2) is 5.97. The molecule has 0 aromatic carbocycles. The Morgan fingerprint density at radius 2 is 2.17 bits per heavy atom. The first-order valence-electron chi connectivity index (χ1n) is 6.48. The van der Waals surface area contributed by atoms with Crippen LogP contribution >= 0.6 is 0 Å². The Bertz CT molecular complexity index is 388. The lowest BCUT2D eigenvalue weighted by atomic mass is 10.2. The molecule has 1 unspecified atom stereocenters. The molecule has 1 aromatic rings. The second-order valence-electron chi connectivity index (χ2n) is 4.92. The van der Waals surface area contributed by atoms with Crippen molar-refractivity contribution in [3.05, 3.63) is 11.8 Å². The first-order chi connectivity index (χ1) is 8.69. The predicted molar refractivity (Wildman–Crippen MR) is 73.3 cm³/mol. The third-order valence-corrected chi connectivity index (χ3v) is 3.21. The van der Waals surface area contributed by atoms with Crippen molar-refractivity contribution in [1.29, 1.82) is 0 Å². The van der Waals surface area contributed by atoms with Gasteiger partial charge in [-0.05, 0) is 39.8 Å². The number of aryl methyl sites for hydroxylation is 1. The quantitative estimate of drug-likeness (QED) is 0.534. The van der Waals surface area contributed by atoms with Crippen molar-refractivity contribution in [3.8, 4) is 0 Å². The highest BCUT2D eigenvalue weighted by molar-refractivity contribution is 5.46. The monoisotopic (exact) mass is 250 g/mol. The minimum Gasteiger partial charge on any atom is -0.366 e. The van der Waals surface area contributed by atoms with Gasteiger partial charge in [0.05, 0.1) is 0 Å². The molecule has 18 heavy (non-hydrogen) atoms. The fraction of sp³-hybridized carbons (Fsp3) is 0.667. The van der Waals surface area contributed by atoms with Crippen LogP contribution in [0.1, 0.15) is 25.3 Å². The van der Waals surface area contributed by atoms with Crippen LogP contribution in [0.3, 0.4) is 0 Å². The predicted octanol–water partition coefficient (Wildman–Crippen LogP) is 0.967. The maximum atomic E-state index is 5.32. The summed E-state index contributed by atoms with van der Waals surface area (Å²) < 4.78 is 0. The maximum Gasteiger partial charge on any atom is 0.239 e. The number of nitrogens with zero attached hydrogens (tertiary/aromatic N) is 3. The highest BCUT2D eigenvalue weighted by atomic mass is 15.3. The molecule has 0 saturated carbocycles. The van der Waals surface area contributed by atoms with Gasteiger partial charge >= 0.3 is 0 Å². The molecule has 1 fully saturated rings. The minimum atomic E-state index is 0.363. The van der Waals surface area contributed by atoms with Crippen LogP contribution in [0.5, 0.6) is 0 Å². The van der Waals surface area contributed by atoms with E-state index in [4.69, 9.17) is 5.84 Å². The van der Waals surface area contributed by atoms with E-state index in [1.807, 2.05) is 6.92 Å². The van der Waals surface area contributed by atoms with Gasteiger partial charge in [-0.3, -0.25) is 5.43 Å². The Balaban J connectivity index is 1.94. The summed E-state index contributed by atoms with van der Waals surface area (Å²) in [6, 6.07) is 0.363. The molecule has 2 heterocycles. The summed E-state index contributed by atoms with van der Waals surface area (Å²) in [5.41, 5.74) is 3.50. The van der Waals surface area contributed by atoms with E-state index in [9.17, 15) is 0 Å². The minimum absolute atomic E-state index is 0.363. The lowest BCUT2D eigenvalue weighted by Crippen LogP contribution is -2.33. The largest absolute Gasteiger partial charge is 0.366 e. The van der Waals surface area contributed by atoms with Gasteiger partial charge in [-0.1, -0.05) is 0 Å². The van der Waals surface area contributed by atoms with Crippen LogP contribution < -0.4 is 16.6 Å². The molecule has 1 aromatic heterocycles. The molecule has 0 bridgehead atoms. The van der Waals surface area contributed by atoms with Gasteiger partial charge in [0.15, 0.2) is 0 Å². The fourth-order valence-electron chi connectivity index (χ4n) is 2.29. The fourth-order valence-corrected chi connectivity index (χ4v) is 2.29. The van der Waals surface area contributed by atoms with E-state index in [1.54, 1.807) is 6.20 Å². The summed E-state index contributed by atoms with van der Waals surface area (Å²) in [5, 5.41) is 3.42. The highest BCUT2D eigenvalue weighted by Crippen LogP contribution is 2.14. The number of rotatable bonds is 5. The van der Waals surface area contributed by atoms with Gasteiger partial charge in [0, 0.05) is 24.3 Å². The van der Waals surface area contributed by atoms with Crippen LogP contribution in [0.25, 0.3) is 0 Å². The molecule has 100 valence electrons. The van der Waals surface area contributed by atoms with E-state index in [1.165, 1.54) is 25.9 Å². The standard InChI is InChI=1S/C12H22N6/c1-9-7-14-12(17-13)16-11(9)15-10(2)8-18-5-3-4-6-18/h7,10H,3-6,8,13H2,1-2H3,(H2,14,15,16,17). The first-order valence-corrected chi connectivity index (χ1v) is 6.48. The number of hydrogen-bond donors (Lipinski definition) is 3. The topological polar surface area (TPSA) is 79.1 Å². The van der Waals surface area contributed by atoms with Crippen LogP contribution in [0.15, 0.2) is 6.20 Å². The molecule has 6 heteroatoms. The molecule has 1 aliphatic heterocycles. The normalized spacial score (nSPS) is 17.7. The van der Waals surface area contributed by atoms with Crippen molar-refractivity contribution in [2.75, 3.05) is 30.4 Å². The summed E-state index contributed by atoms with van der Waals surface area (Å²) >= 11 is 0. The molecule has 1 atom stereocenters. The zero-order chi connectivity index (χ0) is 13.0. The van der Waals surface area contributed by atoms with Gasteiger partial charge in [0.2, 0.25) is 5.95 Å². The molecular formula is C12H22N6. The number of nitrogens with two attached hydrogens (primary N) is 1. The van der Waals surface area contributed by atoms with E-state index in [-0.39, 0.29) is 0 Å². The Kier molecular flexibility index (Phi) is 4.33. The van der Waals surface area contributed by atoms with Crippen molar-refractivity contribution < 1.29 is 0 Å². The van der Waals surface area contributed by atoms with E-state index in [0.29, 0.717) is 12.0 Å². The van der Waals surface area contributed by atoms with Gasteiger partial charge < -0.3 is 10.2 Å². The van der Waals surface area contributed by atoms with Crippen LogP contribution in [0.4, 0.5) is 11.8 Å². The van der Waals surface area contributed by atoms with Gasteiger partial charge in [-0.25, -0.2) is 10.8 Å². The van der Waals surface area contributed by atoms with Crippen molar-refractivity contribution >= 4 is 11.8 Å². The number of hydrogen-bond acceptors (Lipinski definition) is 6. The van der Waals surface area contributed by atoms with Crippen LogP contribution in [-0.4, -0.2) is 40.5 Å². The van der Waals surface area contributed by atoms with E-state index >= 15 is 0 Å². The van der Waals surface area contributed by atoms with Gasteiger partial charge in [0.1, 0.15) is 5.82 Å². The van der Waals surface area contributed by atoms with Crippen molar-refractivity contribution in [2.24, 2.45) is 5.84 Å². The number of nitrogen functional groups attached to an aromatic ring is 1. The number of aromatic nitrogens is 2. The molecular weight excluding hydrogens is 228 g/mol. The zero-order valence-corrected chi connectivity index (χ0v) is 11.1. The number of likely N-dealkylation sites (tertiary alicyclic amines) is 1. The average Bonchev–Trinajstić information content (AvgIpc) is 2.84. The summed E-state index contributed by atoms with van der Waals surface area (Å²) in [4.78, 5) is 10.9. The Hall–Kier alpha value is -1.40. The molecule has 0 spiro atoms. The molecule has 0 radical (unpaired) electrons. The van der Waals surface area contributed by atoms with E-state index in [0.717, 1.165) is 17.9 Å². The second-order valence-corrected chi connectivity index (χ2v) is 4.92. The SMILES string of the molecule is Cc1cnc(NN)nc1NC(C)CN1CCCC1. The molecule has 0 amide bonds. The van der Waals surface area contributed by atoms with Crippen LogP contribution in [0.2, 0.25) is 0 Å². The summed E-state index contributed by atoms with van der Waals surface area (Å²) in [7, 11) is 0. The number of nitrogens with one attached hydrogen (secondary N) is 2. The lowest BCUT2D eigenvalue weighted by molar-refractivity contribution is 0.327. The lowest BCUT2D eigenvalue weighted by Gasteiger charge is -2.22. The number of hydrazine groups is 1.